The highest BCUT2D eigenvalue weighted by Gasteiger charge is 2.86. The van der Waals surface area contributed by atoms with Crippen molar-refractivity contribution >= 4 is 20.4 Å². The molecule has 0 spiro atoms. The monoisotopic (exact) mass is 660 g/mol. The molecule has 0 saturated carbocycles. The fourth-order valence-corrected chi connectivity index (χ4v) is 10.3. The van der Waals surface area contributed by atoms with E-state index < -0.39 is 62.5 Å². The molecule has 0 aliphatic heterocycles. The van der Waals surface area contributed by atoms with Crippen LogP contribution in [0.2, 0.25) is 0 Å². The molecule has 0 aromatic heterocycles. The van der Waals surface area contributed by atoms with Gasteiger partial charge in [-0.1, -0.05) is 67.4 Å². The lowest BCUT2D eigenvalue weighted by Crippen LogP contribution is -2.66. The minimum Gasteiger partial charge on any atom is -0.241 e. The van der Waals surface area contributed by atoms with Crippen LogP contribution in [0.15, 0.2) is 87.5 Å². The van der Waals surface area contributed by atoms with E-state index in [1.54, 1.807) is 19.1 Å². The quantitative estimate of drug-likeness (QED) is 0.182. The lowest BCUT2D eigenvalue weighted by Gasteiger charge is -2.43. The maximum absolute atomic E-state index is 15.4. The van der Waals surface area contributed by atoms with Crippen LogP contribution < -0.4 is 0 Å². The molecule has 1 atom stereocenters. The second-order valence-corrected chi connectivity index (χ2v) is 14.4. The first-order valence-electron chi connectivity index (χ1n) is 12.8. The lowest BCUT2D eigenvalue weighted by molar-refractivity contribution is -0.359. The van der Waals surface area contributed by atoms with Gasteiger partial charge in [0.05, 0.1) is 0 Å². The number of rotatable bonds is 12. The smallest absolute Gasteiger partial charge is 0.241 e. The van der Waals surface area contributed by atoms with E-state index >= 15 is 8.78 Å². The first kappa shape index (κ1) is 34.8. The maximum Gasteiger partial charge on any atom is 0.439 e. The molecular formula is C29H29F9O3S2. The van der Waals surface area contributed by atoms with E-state index in [9.17, 15) is 39.2 Å². The second kappa shape index (κ2) is 12.0. The first-order chi connectivity index (χ1) is 19.7. The van der Waals surface area contributed by atoms with Crippen LogP contribution >= 0.6 is 10.3 Å². The van der Waals surface area contributed by atoms with Gasteiger partial charge in [-0.15, -0.1) is 0 Å². The number of aryl methyl sites for hydroxylation is 3. The average Bonchev–Trinajstić information content (AvgIpc) is 2.92. The minimum atomic E-state index is -7.32. The average molecular weight is 661 g/mol. The molecule has 0 aliphatic carbocycles. The minimum absolute atomic E-state index is 0.0259. The molecule has 0 radical (unpaired) electrons. The summed E-state index contributed by atoms with van der Waals surface area (Å²) in [7, 11) is -11.3. The molecule has 43 heavy (non-hydrogen) atoms. The number of alkyl halides is 9. The Bertz CT molecular complexity index is 1470. The summed E-state index contributed by atoms with van der Waals surface area (Å²) in [5, 5.41) is -6.97. The van der Waals surface area contributed by atoms with Gasteiger partial charge in [-0.3, -0.25) is 0 Å². The Morgan fingerprint density at radius 1 is 0.721 bits per heavy atom. The molecule has 0 N–H and O–H groups in total. The number of hydrogen-bond acceptors (Lipinski definition) is 3. The van der Waals surface area contributed by atoms with Gasteiger partial charge in [0.25, 0.3) is 0 Å². The molecule has 0 amide bonds. The molecule has 0 saturated heterocycles. The zero-order valence-corrected chi connectivity index (χ0v) is 25.0. The van der Waals surface area contributed by atoms with Crippen LogP contribution in [0.5, 0.6) is 0 Å². The maximum atomic E-state index is 15.4. The van der Waals surface area contributed by atoms with Gasteiger partial charge in [-0.05, 0) is 72.9 Å². The Morgan fingerprint density at radius 2 is 1.14 bits per heavy atom. The number of halogens is 9. The highest BCUT2D eigenvalue weighted by molar-refractivity contribution is 8.33. The van der Waals surface area contributed by atoms with E-state index in [-0.39, 0.29) is 25.8 Å². The molecule has 3 aromatic rings. The van der Waals surface area contributed by atoms with E-state index in [1.165, 1.54) is 74.5 Å². The molecule has 0 heterocycles. The van der Waals surface area contributed by atoms with E-state index in [1.807, 2.05) is 0 Å². The van der Waals surface area contributed by atoms with Gasteiger partial charge in [-0.2, -0.15) is 43.5 Å². The SMILES string of the molecule is CCCC(F)C(F)(F)C(F)(F)C(F)(F)C(F)(F)S(=O)(=O)OS(c1ccccc1)(c1ccccc1)c1c(C)cc(C)cc1C. The largest absolute Gasteiger partial charge is 0.439 e. The zero-order valence-electron chi connectivity index (χ0n) is 23.4. The Morgan fingerprint density at radius 3 is 1.53 bits per heavy atom. The molecule has 0 bridgehead atoms. The third kappa shape index (κ3) is 5.66. The summed E-state index contributed by atoms with van der Waals surface area (Å²) in [5.41, 5.74) is 1.21. The predicted molar refractivity (Wildman–Crippen MR) is 146 cm³/mol. The Labute approximate surface area is 245 Å². The fourth-order valence-electron chi connectivity index (χ4n) is 4.69. The third-order valence-corrected chi connectivity index (χ3v) is 12.2. The Balaban J connectivity index is 2.38. The number of benzene rings is 3. The Hall–Kier alpha value is -2.71. The molecule has 1 unspecified atom stereocenters. The van der Waals surface area contributed by atoms with Crippen LogP contribution in [0.25, 0.3) is 0 Å². The van der Waals surface area contributed by atoms with Gasteiger partial charge in [-0.25, -0.2) is 8.02 Å². The summed E-state index contributed by atoms with van der Waals surface area (Å²) < 4.78 is 164. The van der Waals surface area contributed by atoms with Crippen LogP contribution in [-0.4, -0.2) is 37.6 Å². The van der Waals surface area contributed by atoms with E-state index in [0.717, 1.165) is 6.92 Å². The van der Waals surface area contributed by atoms with Gasteiger partial charge in [0.1, 0.15) is 0 Å². The zero-order chi connectivity index (χ0) is 32.6. The van der Waals surface area contributed by atoms with Crippen molar-refractivity contribution < 1.29 is 51.6 Å². The van der Waals surface area contributed by atoms with Crippen LogP contribution in [0, 0.1) is 20.8 Å². The third-order valence-electron chi connectivity index (χ3n) is 6.66. The van der Waals surface area contributed by atoms with Crippen molar-refractivity contribution in [2.75, 3.05) is 0 Å². The van der Waals surface area contributed by atoms with Crippen molar-refractivity contribution in [2.24, 2.45) is 0 Å². The molecule has 0 aliphatic rings. The standard InChI is InChI=1S/C29H29F9O3S2/c1-5-12-24(30)26(31,32)27(33,34)28(35,36)29(37,38)43(39,40)41-42(22-13-8-6-9-14-22,23-15-10-7-11-16-23)25-20(3)17-19(2)18-21(25)4/h6-11,13-18,24H,5,12H2,1-4H3. The van der Waals surface area contributed by atoms with Crippen LogP contribution in [0.3, 0.4) is 0 Å². The topological polar surface area (TPSA) is 43.4 Å². The van der Waals surface area contributed by atoms with Crippen molar-refractivity contribution in [1.29, 1.82) is 0 Å². The summed E-state index contributed by atoms with van der Waals surface area (Å²) in [6.07, 6.45) is -5.88. The molecule has 0 fully saturated rings. The highest BCUT2D eigenvalue weighted by Crippen LogP contribution is 2.72. The van der Waals surface area contributed by atoms with Crippen molar-refractivity contribution in [3.63, 3.8) is 0 Å². The van der Waals surface area contributed by atoms with E-state index in [2.05, 4.69) is 0 Å². The van der Waals surface area contributed by atoms with E-state index in [4.69, 9.17) is 3.63 Å². The van der Waals surface area contributed by atoms with Crippen molar-refractivity contribution in [1.82, 2.24) is 0 Å². The van der Waals surface area contributed by atoms with Crippen LogP contribution in [0.1, 0.15) is 36.5 Å². The van der Waals surface area contributed by atoms with Gasteiger partial charge in [0.2, 0.25) is 0 Å². The summed E-state index contributed by atoms with van der Waals surface area (Å²) in [6, 6.07) is 16.7. The molecule has 3 rings (SSSR count). The van der Waals surface area contributed by atoms with Crippen molar-refractivity contribution in [3.8, 4) is 0 Å². The predicted octanol–water partition coefficient (Wildman–Crippen LogP) is 9.79. The summed E-state index contributed by atoms with van der Waals surface area (Å²) >= 11 is 0. The van der Waals surface area contributed by atoms with Crippen LogP contribution in [-0.2, 0) is 13.7 Å². The molecule has 238 valence electrons. The lowest BCUT2D eigenvalue weighted by atomic mass is 9.98. The molecule has 3 nitrogen and oxygen atoms in total. The van der Waals surface area contributed by atoms with Gasteiger partial charge in [0, 0.05) is 14.7 Å². The van der Waals surface area contributed by atoms with Gasteiger partial charge < -0.3 is 0 Å². The van der Waals surface area contributed by atoms with E-state index in [0.29, 0.717) is 5.56 Å². The van der Waals surface area contributed by atoms with Crippen molar-refractivity contribution in [3.05, 3.63) is 89.5 Å². The van der Waals surface area contributed by atoms with Gasteiger partial charge in [0.15, 0.2) is 6.17 Å². The number of hydrogen-bond donors (Lipinski definition) is 0. The fraction of sp³-hybridized carbons (Fsp3) is 0.379. The summed E-state index contributed by atoms with van der Waals surface area (Å²) in [4.78, 5) is -0.243. The summed E-state index contributed by atoms with van der Waals surface area (Å²) in [6.45, 7) is 5.71. The van der Waals surface area contributed by atoms with Gasteiger partial charge >= 0.3 is 33.1 Å². The Kier molecular flexibility index (Phi) is 9.70. The molecule has 3 aromatic carbocycles. The second-order valence-electron chi connectivity index (χ2n) is 9.98. The van der Waals surface area contributed by atoms with Crippen molar-refractivity contribution in [2.45, 2.75) is 84.4 Å². The highest BCUT2D eigenvalue weighted by atomic mass is 32.3. The normalized spacial score (nSPS) is 14.9. The molecular weight excluding hydrogens is 631 g/mol. The van der Waals surface area contributed by atoms with Crippen LogP contribution in [0.4, 0.5) is 39.5 Å². The summed E-state index contributed by atoms with van der Waals surface area (Å²) in [5.74, 6) is -20.8. The molecule has 14 heteroatoms. The first-order valence-corrected chi connectivity index (χ1v) is 15.8.